The molecule has 0 bridgehead atoms. The number of amides is 1. The second-order valence-electron chi connectivity index (χ2n) is 6.15. The Morgan fingerprint density at radius 3 is 2.71 bits per heavy atom. The SMILES string of the molecule is Cc1cnc2c(C)cccc2c1N1C[C@@H](C)[C@H](C(N)=O)C1. The number of aromatic nitrogens is 1. The summed E-state index contributed by atoms with van der Waals surface area (Å²) in [4.78, 5) is 18.4. The Hall–Kier alpha value is -2.10. The first-order valence-electron chi connectivity index (χ1n) is 7.38. The normalized spacial score (nSPS) is 22.0. The summed E-state index contributed by atoms with van der Waals surface area (Å²) in [7, 11) is 0. The lowest BCUT2D eigenvalue weighted by atomic mass is 9.98. The molecule has 3 rings (SSSR count). The minimum Gasteiger partial charge on any atom is -0.370 e. The summed E-state index contributed by atoms with van der Waals surface area (Å²) >= 11 is 0. The third-order valence-electron chi connectivity index (χ3n) is 4.55. The summed E-state index contributed by atoms with van der Waals surface area (Å²) in [6.07, 6.45) is 1.92. The molecule has 0 radical (unpaired) electrons. The molecule has 0 aliphatic carbocycles. The van der Waals surface area contributed by atoms with Crippen LogP contribution >= 0.6 is 0 Å². The van der Waals surface area contributed by atoms with Crippen LogP contribution in [0.5, 0.6) is 0 Å². The van der Waals surface area contributed by atoms with Crippen molar-refractivity contribution in [3.8, 4) is 0 Å². The lowest BCUT2D eigenvalue weighted by Gasteiger charge is -2.23. The third-order valence-corrected chi connectivity index (χ3v) is 4.55. The first-order valence-corrected chi connectivity index (χ1v) is 7.38. The number of aryl methyl sites for hydroxylation is 2. The molecule has 1 aliphatic heterocycles. The molecule has 2 aromatic rings. The van der Waals surface area contributed by atoms with Gasteiger partial charge in [-0.2, -0.15) is 0 Å². The third kappa shape index (κ3) is 2.24. The van der Waals surface area contributed by atoms with Gasteiger partial charge in [-0.05, 0) is 30.9 Å². The number of nitrogens with two attached hydrogens (primary N) is 1. The van der Waals surface area contributed by atoms with Crippen molar-refractivity contribution >= 4 is 22.5 Å². The molecule has 110 valence electrons. The number of hydrogen-bond donors (Lipinski definition) is 1. The van der Waals surface area contributed by atoms with Crippen LogP contribution in [0.2, 0.25) is 0 Å². The van der Waals surface area contributed by atoms with Gasteiger partial charge in [0.15, 0.2) is 0 Å². The van der Waals surface area contributed by atoms with E-state index in [1.165, 1.54) is 11.3 Å². The van der Waals surface area contributed by atoms with Crippen molar-refractivity contribution in [1.82, 2.24) is 4.98 Å². The van der Waals surface area contributed by atoms with Crippen LogP contribution in [-0.4, -0.2) is 24.0 Å². The van der Waals surface area contributed by atoms with E-state index in [1.54, 1.807) is 0 Å². The molecule has 0 saturated carbocycles. The van der Waals surface area contributed by atoms with Gasteiger partial charge in [0, 0.05) is 24.7 Å². The van der Waals surface area contributed by atoms with Crippen molar-refractivity contribution in [3.63, 3.8) is 0 Å². The second kappa shape index (κ2) is 5.02. The average Bonchev–Trinajstić information content (AvgIpc) is 2.80. The Labute approximate surface area is 125 Å². The predicted octanol–water partition coefficient (Wildman–Crippen LogP) is 2.41. The molecule has 2 atom stereocenters. The number of nitrogens with zero attached hydrogens (tertiary/aromatic N) is 2. The molecule has 1 aliphatic rings. The minimum atomic E-state index is -0.197. The second-order valence-corrected chi connectivity index (χ2v) is 6.15. The molecular weight excluding hydrogens is 262 g/mol. The summed E-state index contributed by atoms with van der Waals surface area (Å²) in [5.41, 5.74) is 10.1. The summed E-state index contributed by atoms with van der Waals surface area (Å²) < 4.78 is 0. The number of primary amides is 1. The molecule has 0 spiro atoms. The molecule has 1 amide bonds. The van der Waals surface area contributed by atoms with Gasteiger partial charge in [-0.1, -0.05) is 25.1 Å². The molecule has 1 fully saturated rings. The molecule has 2 N–H and O–H groups in total. The number of carbonyl (C=O) groups is 1. The molecular formula is C17H21N3O. The van der Waals surface area contributed by atoms with Gasteiger partial charge in [0.2, 0.25) is 5.91 Å². The van der Waals surface area contributed by atoms with E-state index in [4.69, 9.17) is 5.73 Å². The van der Waals surface area contributed by atoms with E-state index < -0.39 is 0 Å². The molecule has 4 heteroatoms. The van der Waals surface area contributed by atoms with Gasteiger partial charge in [-0.15, -0.1) is 0 Å². The monoisotopic (exact) mass is 283 g/mol. The number of benzene rings is 1. The first-order chi connectivity index (χ1) is 9.99. The fourth-order valence-corrected chi connectivity index (χ4v) is 3.40. The highest BCUT2D eigenvalue weighted by molar-refractivity contribution is 5.95. The lowest BCUT2D eigenvalue weighted by molar-refractivity contribution is -0.122. The van der Waals surface area contributed by atoms with Gasteiger partial charge in [-0.25, -0.2) is 0 Å². The first kappa shape index (κ1) is 13.9. The fraction of sp³-hybridized carbons (Fsp3) is 0.412. The van der Waals surface area contributed by atoms with Crippen molar-refractivity contribution in [2.24, 2.45) is 17.6 Å². The zero-order chi connectivity index (χ0) is 15.1. The number of hydrogen-bond acceptors (Lipinski definition) is 3. The highest BCUT2D eigenvalue weighted by Gasteiger charge is 2.34. The van der Waals surface area contributed by atoms with E-state index >= 15 is 0 Å². The summed E-state index contributed by atoms with van der Waals surface area (Å²) in [6.45, 7) is 7.81. The van der Waals surface area contributed by atoms with Crippen molar-refractivity contribution < 1.29 is 4.79 Å². The zero-order valence-electron chi connectivity index (χ0n) is 12.8. The van der Waals surface area contributed by atoms with Crippen LogP contribution in [0.25, 0.3) is 10.9 Å². The summed E-state index contributed by atoms with van der Waals surface area (Å²) in [5, 5.41) is 1.16. The smallest absolute Gasteiger partial charge is 0.222 e. The molecule has 1 saturated heterocycles. The van der Waals surface area contributed by atoms with E-state index in [2.05, 4.69) is 48.9 Å². The van der Waals surface area contributed by atoms with Crippen molar-refractivity contribution in [1.29, 1.82) is 0 Å². The molecule has 21 heavy (non-hydrogen) atoms. The number of pyridine rings is 1. The molecule has 1 aromatic carbocycles. The number of carbonyl (C=O) groups excluding carboxylic acids is 1. The fourth-order valence-electron chi connectivity index (χ4n) is 3.40. The molecule has 2 heterocycles. The number of anilines is 1. The highest BCUT2D eigenvalue weighted by Crippen LogP contribution is 2.35. The van der Waals surface area contributed by atoms with Crippen LogP contribution in [0.1, 0.15) is 18.1 Å². The topological polar surface area (TPSA) is 59.2 Å². The van der Waals surface area contributed by atoms with Crippen molar-refractivity contribution in [2.45, 2.75) is 20.8 Å². The quantitative estimate of drug-likeness (QED) is 0.920. The Kier molecular flexibility index (Phi) is 3.32. The Balaban J connectivity index is 2.11. The maximum Gasteiger partial charge on any atom is 0.222 e. The van der Waals surface area contributed by atoms with Crippen LogP contribution in [0.15, 0.2) is 24.4 Å². The zero-order valence-corrected chi connectivity index (χ0v) is 12.8. The maximum atomic E-state index is 11.6. The van der Waals surface area contributed by atoms with Crippen LogP contribution in [0.4, 0.5) is 5.69 Å². The van der Waals surface area contributed by atoms with Crippen LogP contribution in [0, 0.1) is 25.7 Å². The standard InChI is InChI=1S/C17H21N3O/c1-10-5-4-6-13-15(10)19-7-11(2)16(13)20-8-12(3)14(9-20)17(18)21/h4-7,12,14H,8-9H2,1-3H3,(H2,18,21)/t12-,14-/m1/s1. The average molecular weight is 283 g/mol. The van der Waals surface area contributed by atoms with Gasteiger partial charge in [0.1, 0.15) is 0 Å². The summed E-state index contributed by atoms with van der Waals surface area (Å²) in [6, 6.07) is 6.25. The van der Waals surface area contributed by atoms with Gasteiger partial charge >= 0.3 is 0 Å². The van der Waals surface area contributed by atoms with Gasteiger partial charge in [-0.3, -0.25) is 9.78 Å². The Morgan fingerprint density at radius 2 is 2.05 bits per heavy atom. The number of para-hydroxylation sites is 1. The highest BCUT2D eigenvalue weighted by atomic mass is 16.1. The molecule has 1 aromatic heterocycles. The van der Waals surface area contributed by atoms with E-state index in [0.717, 1.165) is 23.0 Å². The van der Waals surface area contributed by atoms with E-state index in [9.17, 15) is 4.79 Å². The lowest BCUT2D eigenvalue weighted by Crippen LogP contribution is -2.29. The number of fused-ring (bicyclic) bond motifs is 1. The van der Waals surface area contributed by atoms with Crippen molar-refractivity contribution in [3.05, 3.63) is 35.5 Å². The predicted molar refractivity (Wildman–Crippen MR) is 85.3 cm³/mol. The largest absolute Gasteiger partial charge is 0.370 e. The molecule has 4 nitrogen and oxygen atoms in total. The van der Waals surface area contributed by atoms with Crippen LogP contribution < -0.4 is 10.6 Å². The van der Waals surface area contributed by atoms with Crippen molar-refractivity contribution in [2.75, 3.05) is 18.0 Å². The number of rotatable bonds is 2. The van der Waals surface area contributed by atoms with Crippen LogP contribution in [0.3, 0.4) is 0 Å². The maximum absolute atomic E-state index is 11.6. The van der Waals surface area contributed by atoms with E-state index in [0.29, 0.717) is 6.54 Å². The Morgan fingerprint density at radius 1 is 1.29 bits per heavy atom. The van der Waals surface area contributed by atoms with E-state index in [-0.39, 0.29) is 17.7 Å². The van der Waals surface area contributed by atoms with Gasteiger partial charge in [0.05, 0.1) is 17.1 Å². The Bertz CT molecular complexity index is 710. The minimum absolute atomic E-state index is 0.0718. The van der Waals surface area contributed by atoms with Gasteiger partial charge in [0.25, 0.3) is 0 Å². The summed E-state index contributed by atoms with van der Waals surface area (Å²) in [5.74, 6) is 0.0181. The van der Waals surface area contributed by atoms with E-state index in [1.807, 2.05) is 6.20 Å². The van der Waals surface area contributed by atoms with Crippen LogP contribution in [-0.2, 0) is 4.79 Å². The molecule has 0 unspecified atom stereocenters. The van der Waals surface area contributed by atoms with Gasteiger partial charge < -0.3 is 10.6 Å².